The Morgan fingerprint density at radius 2 is 1.60 bits per heavy atom. The first-order valence-electron chi connectivity index (χ1n) is 8.08. The molecule has 1 N–H and O–H groups in total. The van der Waals surface area contributed by atoms with Gasteiger partial charge in [0.15, 0.2) is 0 Å². The molecule has 0 unspecified atom stereocenters. The SMILES string of the molecule is O=C(Cc1ccc([N+](=O)[O-])cc1)N1CCN(c2ccc(O)cc2)CC1. The summed E-state index contributed by atoms with van der Waals surface area (Å²) in [7, 11) is 0. The number of anilines is 1. The van der Waals surface area contributed by atoms with Gasteiger partial charge >= 0.3 is 0 Å². The van der Waals surface area contributed by atoms with E-state index < -0.39 is 4.92 Å². The monoisotopic (exact) mass is 341 g/mol. The maximum absolute atomic E-state index is 12.4. The fraction of sp³-hybridized carbons (Fsp3) is 0.278. The Kier molecular flexibility index (Phi) is 4.83. The number of carbonyl (C=O) groups excluding carboxylic acids is 1. The lowest BCUT2D eigenvalue weighted by Crippen LogP contribution is -2.49. The highest BCUT2D eigenvalue weighted by Gasteiger charge is 2.21. The number of amides is 1. The van der Waals surface area contributed by atoms with E-state index in [1.165, 1.54) is 12.1 Å². The third kappa shape index (κ3) is 4.06. The molecule has 0 bridgehead atoms. The molecule has 3 rings (SSSR count). The van der Waals surface area contributed by atoms with Crippen LogP contribution in [0.1, 0.15) is 5.56 Å². The van der Waals surface area contributed by atoms with Gasteiger partial charge in [0.25, 0.3) is 5.69 Å². The van der Waals surface area contributed by atoms with Crippen molar-refractivity contribution in [1.29, 1.82) is 0 Å². The topological polar surface area (TPSA) is 86.9 Å². The van der Waals surface area contributed by atoms with E-state index >= 15 is 0 Å². The van der Waals surface area contributed by atoms with Crippen LogP contribution >= 0.6 is 0 Å². The molecule has 0 spiro atoms. The number of rotatable bonds is 4. The van der Waals surface area contributed by atoms with E-state index in [1.807, 2.05) is 17.0 Å². The van der Waals surface area contributed by atoms with Crippen LogP contribution in [-0.4, -0.2) is 47.0 Å². The zero-order valence-electron chi connectivity index (χ0n) is 13.7. The minimum absolute atomic E-state index is 0.0266. The molecule has 2 aromatic rings. The van der Waals surface area contributed by atoms with Crippen LogP contribution in [0.2, 0.25) is 0 Å². The van der Waals surface area contributed by atoms with E-state index in [9.17, 15) is 20.0 Å². The number of nitro benzene ring substituents is 1. The molecule has 0 radical (unpaired) electrons. The lowest BCUT2D eigenvalue weighted by atomic mass is 10.1. The summed E-state index contributed by atoms with van der Waals surface area (Å²) in [6.45, 7) is 2.73. The highest BCUT2D eigenvalue weighted by atomic mass is 16.6. The first-order valence-corrected chi connectivity index (χ1v) is 8.08. The van der Waals surface area contributed by atoms with Gasteiger partial charge in [0, 0.05) is 44.0 Å². The fourth-order valence-electron chi connectivity index (χ4n) is 2.90. The predicted octanol–water partition coefficient (Wildman–Crippen LogP) is 2.19. The third-order valence-electron chi connectivity index (χ3n) is 4.35. The van der Waals surface area contributed by atoms with Crippen LogP contribution in [0.25, 0.3) is 0 Å². The molecule has 2 aromatic carbocycles. The largest absolute Gasteiger partial charge is 0.508 e. The van der Waals surface area contributed by atoms with Crippen molar-refractivity contribution in [3.8, 4) is 5.75 Å². The number of aromatic hydroxyl groups is 1. The number of non-ortho nitro benzene ring substituents is 1. The second-order valence-electron chi connectivity index (χ2n) is 5.98. The predicted molar refractivity (Wildman–Crippen MR) is 93.7 cm³/mol. The molecule has 7 heteroatoms. The minimum atomic E-state index is -0.450. The Balaban J connectivity index is 1.54. The van der Waals surface area contributed by atoms with Crippen LogP contribution in [0.15, 0.2) is 48.5 Å². The van der Waals surface area contributed by atoms with E-state index in [0.717, 1.165) is 24.3 Å². The zero-order valence-corrected chi connectivity index (χ0v) is 13.7. The first-order chi connectivity index (χ1) is 12.0. The van der Waals surface area contributed by atoms with Gasteiger partial charge in [-0.25, -0.2) is 0 Å². The van der Waals surface area contributed by atoms with Crippen LogP contribution in [0.5, 0.6) is 5.75 Å². The van der Waals surface area contributed by atoms with Crippen molar-refractivity contribution in [2.75, 3.05) is 31.1 Å². The van der Waals surface area contributed by atoms with Crippen molar-refractivity contribution < 1.29 is 14.8 Å². The maximum Gasteiger partial charge on any atom is 0.269 e. The van der Waals surface area contributed by atoms with Gasteiger partial charge in [-0.3, -0.25) is 14.9 Å². The quantitative estimate of drug-likeness (QED) is 0.680. The van der Waals surface area contributed by atoms with Gasteiger partial charge in [-0.2, -0.15) is 0 Å². The molecule has 130 valence electrons. The lowest BCUT2D eigenvalue weighted by molar-refractivity contribution is -0.384. The fourth-order valence-corrected chi connectivity index (χ4v) is 2.90. The van der Waals surface area contributed by atoms with Gasteiger partial charge in [-0.1, -0.05) is 12.1 Å². The number of piperazine rings is 1. The van der Waals surface area contributed by atoms with E-state index in [4.69, 9.17) is 0 Å². The Morgan fingerprint density at radius 3 is 2.16 bits per heavy atom. The average Bonchev–Trinajstić information content (AvgIpc) is 2.63. The molecule has 25 heavy (non-hydrogen) atoms. The summed E-state index contributed by atoms with van der Waals surface area (Å²) in [5, 5.41) is 20.0. The van der Waals surface area contributed by atoms with Gasteiger partial charge in [0.2, 0.25) is 5.91 Å². The molecule has 0 atom stereocenters. The zero-order chi connectivity index (χ0) is 17.8. The van der Waals surface area contributed by atoms with Crippen LogP contribution in [0.4, 0.5) is 11.4 Å². The number of nitrogens with zero attached hydrogens (tertiary/aromatic N) is 3. The number of hydrogen-bond acceptors (Lipinski definition) is 5. The molecule has 1 saturated heterocycles. The molecule has 1 amide bonds. The molecule has 1 aliphatic heterocycles. The van der Waals surface area contributed by atoms with Gasteiger partial charge in [-0.05, 0) is 29.8 Å². The molecule has 1 aliphatic rings. The van der Waals surface area contributed by atoms with Crippen LogP contribution in [0.3, 0.4) is 0 Å². The molecule has 0 aliphatic carbocycles. The van der Waals surface area contributed by atoms with Crippen LogP contribution in [-0.2, 0) is 11.2 Å². The Bertz CT molecular complexity index is 751. The van der Waals surface area contributed by atoms with E-state index in [2.05, 4.69) is 4.90 Å². The van der Waals surface area contributed by atoms with Crippen molar-refractivity contribution in [2.24, 2.45) is 0 Å². The van der Waals surface area contributed by atoms with Crippen molar-refractivity contribution in [2.45, 2.75) is 6.42 Å². The van der Waals surface area contributed by atoms with Gasteiger partial charge in [0.05, 0.1) is 11.3 Å². The molecule has 7 nitrogen and oxygen atoms in total. The molecular weight excluding hydrogens is 322 g/mol. The van der Waals surface area contributed by atoms with E-state index in [1.54, 1.807) is 24.3 Å². The molecule has 1 fully saturated rings. The number of benzene rings is 2. The van der Waals surface area contributed by atoms with Crippen LogP contribution in [0, 0.1) is 10.1 Å². The number of nitro groups is 1. The number of phenolic OH excluding ortho intramolecular Hbond substituents is 1. The summed E-state index contributed by atoms with van der Waals surface area (Å²) in [6, 6.07) is 13.1. The van der Waals surface area contributed by atoms with E-state index in [-0.39, 0.29) is 23.8 Å². The molecule has 0 saturated carbocycles. The number of carbonyl (C=O) groups is 1. The van der Waals surface area contributed by atoms with Gasteiger partial charge < -0.3 is 14.9 Å². The van der Waals surface area contributed by atoms with E-state index in [0.29, 0.717) is 13.1 Å². The smallest absolute Gasteiger partial charge is 0.269 e. The summed E-state index contributed by atoms with van der Waals surface area (Å²) in [5.41, 5.74) is 1.83. The maximum atomic E-state index is 12.4. The third-order valence-corrected chi connectivity index (χ3v) is 4.35. The highest BCUT2D eigenvalue weighted by molar-refractivity contribution is 5.79. The highest BCUT2D eigenvalue weighted by Crippen LogP contribution is 2.20. The minimum Gasteiger partial charge on any atom is -0.508 e. The number of hydrogen-bond donors (Lipinski definition) is 1. The molecule has 1 heterocycles. The van der Waals surface area contributed by atoms with Gasteiger partial charge in [0.1, 0.15) is 5.75 Å². The summed E-state index contributed by atoms with van der Waals surface area (Å²) >= 11 is 0. The summed E-state index contributed by atoms with van der Waals surface area (Å²) in [4.78, 5) is 26.6. The van der Waals surface area contributed by atoms with Crippen molar-refractivity contribution in [3.05, 3.63) is 64.2 Å². The number of phenols is 1. The second kappa shape index (κ2) is 7.21. The lowest BCUT2D eigenvalue weighted by Gasteiger charge is -2.36. The van der Waals surface area contributed by atoms with Crippen LogP contribution < -0.4 is 4.90 Å². The van der Waals surface area contributed by atoms with Crippen molar-refractivity contribution in [1.82, 2.24) is 4.90 Å². The molecular formula is C18H19N3O4. The van der Waals surface area contributed by atoms with Gasteiger partial charge in [-0.15, -0.1) is 0 Å². The van der Waals surface area contributed by atoms with Crippen molar-refractivity contribution in [3.63, 3.8) is 0 Å². The Morgan fingerprint density at radius 1 is 1.00 bits per heavy atom. The summed E-state index contributed by atoms with van der Waals surface area (Å²) in [5.74, 6) is 0.264. The summed E-state index contributed by atoms with van der Waals surface area (Å²) in [6.07, 6.45) is 0.247. The first kappa shape index (κ1) is 16.8. The average molecular weight is 341 g/mol. The second-order valence-corrected chi connectivity index (χ2v) is 5.98. The summed E-state index contributed by atoms with van der Waals surface area (Å²) < 4.78 is 0. The Labute approximate surface area is 145 Å². The van der Waals surface area contributed by atoms with Crippen molar-refractivity contribution >= 4 is 17.3 Å². The molecule has 0 aromatic heterocycles. The standard InChI is InChI=1S/C18H19N3O4/c22-17-7-5-15(6-8-17)19-9-11-20(12-10-19)18(23)13-14-1-3-16(4-2-14)21(24)25/h1-8,22H,9-13H2. The Hall–Kier alpha value is -3.09. The normalized spacial score (nSPS) is 14.4.